The number of nitrogens with one attached hydrogen (secondary N) is 1. The number of piperazine rings is 2. The topological polar surface area (TPSA) is 63.1 Å². The van der Waals surface area contributed by atoms with Crippen molar-refractivity contribution in [3.8, 4) is 0 Å². The number of aromatic nitrogens is 2. The van der Waals surface area contributed by atoms with Gasteiger partial charge in [-0.05, 0) is 31.2 Å². The summed E-state index contributed by atoms with van der Waals surface area (Å²) < 4.78 is 0. The van der Waals surface area contributed by atoms with E-state index in [-0.39, 0.29) is 24.0 Å². The number of nitrogens with zero attached hydrogens (tertiary/aromatic N) is 7. The molecule has 2 aliphatic rings. The van der Waals surface area contributed by atoms with E-state index in [2.05, 4.69) is 70.2 Å². The predicted octanol–water partition coefficient (Wildman–Crippen LogP) is 2.00. The van der Waals surface area contributed by atoms with Gasteiger partial charge in [0, 0.05) is 84.0 Å². The summed E-state index contributed by atoms with van der Waals surface area (Å²) >= 11 is 0. The molecular weight excluding hydrogens is 515 g/mol. The van der Waals surface area contributed by atoms with Crippen molar-refractivity contribution >= 4 is 41.6 Å². The highest BCUT2D eigenvalue weighted by atomic mass is 127. The molecule has 174 valence electrons. The molecule has 1 aromatic heterocycles. The van der Waals surface area contributed by atoms with Crippen molar-refractivity contribution in [2.75, 3.05) is 82.3 Å². The Morgan fingerprint density at radius 3 is 2.19 bits per heavy atom. The van der Waals surface area contributed by atoms with E-state index in [4.69, 9.17) is 0 Å². The smallest absolute Gasteiger partial charge is 0.225 e. The minimum Gasteiger partial charge on any atom is -0.369 e. The first-order chi connectivity index (χ1) is 15.3. The Kier molecular flexibility index (Phi) is 9.79. The van der Waals surface area contributed by atoms with Gasteiger partial charge in [0.1, 0.15) is 0 Å². The minimum absolute atomic E-state index is 0. The Bertz CT molecular complexity index is 803. The molecule has 0 radical (unpaired) electrons. The molecule has 2 aromatic rings. The molecule has 8 nitrogen and oxygen atoms in total. The molecule has 2 saturated heterocycles. The zero-order valence-electron chi connectivity index (χ0n) is 18.9. The molecule has 1 aromatic carbocycles. The second-order valence-corrected chi connectivity index (χ2v) is 8.01. The first-order valence-corrected chi connectivity index (χ1v) is 11.3. The number of benzene rings is 1. The van der Waals surface area contributed by atoms with Crippen LogP contribution in [-0.2, 0) is 0 Å². The number of halogens is 1. The van der Waals surface area contributed by atoms with Crippen LogP contribution in [-0.4, -0.2) is 98.2 Å². The summed E-state index contributed by atoms with van der Waals surface area (Å²) in [5.41, 5.74) is 1.34. The standard InChI is InChI=1S/C23H34N8.HI/c1-24-22(30-17-19-31(20-18-30)23-26-9-5-10-27-23)25-11-6-12-28-13-15-29(16-14-28)21-7-3-2-4-8-21;/h2-5,7-10H,6,11-20H2,1H3,(H,24,25);1H. The molecule has 32 heavy (non-hydrogen) atoms. The van der Waals surface area contributed by atoms with Gasteiger partial charge in [-0.3, -0.25) is 9.89 Å². The minimum atomic E-state index is 0. The molecule has 0 bridgehead atoms. The molecule has 2 fully saturated rings. The fourth-order valence-corrected chi connectivity index (χ4v) is 4.28. The molecule has 9 heteroatoms. The molecule has 0 spiro atoms. The van der Waals surface area contributed by atoms with Crippen molar-refractivity contribution in [3.05, 3.63) is 48.8 Å². The third kappa shape index (κ3) is 6.68. The van der Waals surface area contributed by atoms with Crippen molar-refractivity contribution < 1.29 is 0 Å². The van der Waals surface area contributed by atoms with Crippen LogP contribution in [0, 0.1) is 0 Å². The number of para-hydroxylation sites is 1. The van der Waals surface area contributed by atoms with E-state index in [9.17, 15) is 0 Å². The number of anilines is 2. The van der Waals surface area contributed by atoms with Crippen molar-refractivity contribution in [2.45, 2.75) is 6.42 Å². The van der Waals surface area contributed by atoms with Crippen LogP contribution >= 0.6 is 24.0 Å². The van der Waals surface area contributed by atoms with E-state index in [1.165, 1.54) is 5.69 Å². The van der Waals surface area contributed by atoms with Crippen molar-refractivity contribution in [2.24, 2.45) is 4.99 Å². The van der Waals surface area contributed by atoms with Crippen LogP contribution in [0.15, 0.2) is 53.8 Å². The lowest BCUT2D eigenvalue weighted by Crippen LogP contribution is -2.53. The normalized spacial score (nSPS) is 17.8. The molecule has 2 aliphatic heterocycles. The Morgan fingerprint density at radius 1 is 0.875 bits per heavy atom. The van der Waals surface area contributed by atoms with Gasteiger partial charge in [0.25, 0.3) is 0 Å². The summed E-state index contributed by atoms with van der Waals surface area (Å²) in [7, 11) is 1.87. The molecule has 0 unspecified atom stereocenters. The number of guanidine groups is 1. The maximum atomic E-state index is 4.50. The highest BCUT2D eigenvalue weighted by molar-refractivity contribution is 14.0. The van der Waals surface area contributed by atoms with Crippen molar-refractivity contribution in [1.82, 2.24) is 25.1 Å². The molecular formula is C23H35IN8. The summed E-state index contributed by atoms with van der Waals surface area (Å²) in [4.78, 5) is 22.8. The number of hydrogen-bond acceptors (Lipinski definition) is 6. The van der Waals surface area contributed by atoms with E-state index in [1.54, 1.807) is 12.4 Å². The van der Waals surface area contributed by atoms with Gasteiger partial charge < -0.3 is 20.0 Å². The predicted molar refractivity (Wildman–Crippen MR) is 142 cm³/mol. The van der Waals surface area contributed by atoms with Gasteiger partial charge in [-0.25, -0.2) is 9.97 Å². The molecule has 0 saturated carbocycles. The van der Waals surface area contributed by atoms with Gasteiger partial charge in [-0.1, -0.05) is 18.2 Å². The Labute approximate surface area is 208 Å². The van der Waals surface area contributed by atoms with Crippen LogP contribution in [0.5, 0.6) is 0 Å². The van der Waals surface area contributed by atoms with Crippen LogP contribution in [0.2, 0.25) is 0 Å². The first-order valence-electron chi connectivity index (χ1n) is 11.3. The second kappa shape index (κ2) is 12.8. The van der Waals surface area contributed by atoms with E-state index in [0.29, 0.717) is 0 Å². The van der Waals surface area contributed by atoms with E-state index < -0.39 is 0 Å². The van der Waals surface area contributed by atoms with Gasteiger partial charge in [0.2, 0.25) is 5.95 Å². The van der Waals surface area contributed by atoms with E-state index >= 15 is 0 Å². The van der Waals surface area contributed by atoms with Crippen LogP contribution in [0.3, 0.4) is 0 Å². The lowest BCUT2D eigenvalue weighted by atomic mass is 10.2. The van der Waals surface area contributed by atoms with E-state index in [1.807, 2.05) is 13.1 Å². The van der Waals surface area contributed by atoms with Crippen LogP contribution in [0.4, 0.5) is 11.6 Å². The lowest BCUT2D eigenvalue weighted by Gasteiger charge is -2.37. The average molecular weight is 550 g/mol. The van der Waals surface area contributed by atoms with Gasteiger partial charge in [0.15, 0.2) is 5.96 Å². The zero-order valence-corrected chi connectivity index (χ0v) is 21.3. The molecule has 1 N–H and O–H groups in total. The van der Waals surface area contributed by atoms with Gasteiger partial charge in [0.05, 0.1) is 0 Å². The third-order valence-corrected chi connectivity index (χ3v) is 6.05. The SMILES string of the molecule is CN=C(NCCCN1CCN(c2ccccc2)CC1)N1CCN(c2ncccn2)CC1.I. The van der Waals surface area contributed by atoms with Gasteiger partial charge in [-0.2, -0.15) is 0 Å². The third-order valence-electron chi connectivity index (χ3n) is 6.05. The summed E-state index contributed by atoms with van der Waals surface area (Å²) in [6, 6.07) is 12.6. The number of hydrogen-bond donors (Lipinski definition) is 1. The first kappa shape index (κ1) is 24.5. The summed E-state index contributed by atoms with van der Waals surface area (Å²) in [6.07, 6.45) is 4.73. The second-order valence-electron chi connectivity index (χ2n) is 8.01. The summed E-state index contributed by atoms with van der Waals surface area (Å²) in [5, 5.41) is 3.56. The molecule has 0 atom stereocenters. The zero-order chi connectivity index (χ0) is 21.3. The maximum Gasteiger partial charge on any atom is 0.225 e. The number of aliphatic imine (C=N–C) groups is 1. The average Bonchev–Trinajstić information content (AvgIpc) is 2.86. The van der Waals surface area contributed by atoms with E-state index in [0.717, 1.165) is 83.8 Å². The molecule has 0 amide bonds. The van der Waals surface area contributed by atoms with Gasteiger partial charge in [-0.15, -0.1) is 24.0 Å². The van der Waals surface area contributed by atoms with Crippen molar-refractivity contribution in [3.63, 3.8) is 0 Å². The Balaban J connectivity index is 0.00000289. The number of rotatable bonds is 6. The highest BCUT2D eigenvalue weighted by Gasteiger charge is 2.21. The maximum absolute atomic E-state index is 4.50. The monoisotopic (exact) mass is 550 g/mol. The Morgan fingerprint density at radius 2 is 1.53 bits per heavy atom. The molecule has 0 aliphatic carbocycles. The summed E-state index contributed by atoms with van der Waals surface area (Å²) in [5.74, 6) is 1.82. The molecule has 4 rings (SSSR count). The Hall–Kier alpha value is -2.14. The quantitative estimate of drug-likeness (QED) is 0.256. The van der Waals surface area contributed by atoms with Crippen molar-refractivity contribution in [1.29, 1.82) is 0 Å². The fourth-order valence-electron chi connectivity index (χ4n) is 4.28. The van der Waals surface area contributed by atoms with Crippen LogP contribution in [0.1, 0.15) is 6.42 Å². The van der Waals surface area contributed by atoms with Crippen LogP contribution in [0.25, 0.3) is 0 Å². The van der Waals surface area contributed by atoms with Gasteiger partial charge >= 0.3 is 0 Å². The largest absolute Gasteiger partial charge is 0.369 e. The fraction of sp³-hybridized carbons (Fsp3) is 0.522. The molecule has 3 heterocycles. The van der Waals surface area contributed by atoms with Crippen LogP contribution < -0.4 is 15.1 Å². The highest BCUT2D eigenvalue weighted by Crippen LogP contribution is 2.15. The lowest BCUT2D eigenvalue weighted by molar-refractivity contribution is 0.255. The summed E-state index contributed by atoms with van der Waals surface area (Å²) in [6.45, 7) is 10.2.